The van der Waals surface area contributed by atoms with Gasteiger partial charge >= 0.3 is 5.97 Å². The van der Waals surface area contributed by atoms with Crippen molar-refractivity contribution in [3.63, 3.8) is 0 Å². The van der Waals surface area contributed by atoms with Crippen LogP contribution in [0.1, 0.15) is 32.6 Å². The molecule has 0 atom stereocenters. The second-order valence-electron chi connectivity index (χ2n) is 3.56. The molecule has 70 valence electrons. The molecule has 0 bridgehead atoms. The molecule has 0 heterocycles. The highest BCUT2D eigenvalue weighted by atomic mass is 16.4. The van der Waals surface area contributed by atoms with Gasteiger partial charge < -0.3 is 5.11 Å². The molecule has 1 N–H and O–H groups in total. The van der Waals surface area contributed by atoms with Gasteiger partial charge in [0.05, 0.1) is 0 Å². The second kappa shape index (κ2) is 3.44. The summed E-state index contributed by atoms with van der Waals surface area (Å²) >= 11 is 0. The molecule has 1 saturated carbocycles. The van der Waals surface area contributed by atoms with Crippen LogP contribution in [-0.4, -0.2) is 35.1 Å². The van der Waals surface area contributed by atoms with Gasteiger partial charge in [-0.15, -0.1) is 0 Å². The molecule has 0 radical (unpaired) electrons. The largest absolute Gasteiger partial charge is 0.480 e. The molecule has 1 rings (SSSR count). The molecule has 0 spiro atoms. The van der Waals surface area contributed by atoms with Crippen molar-refractivity contribution in [1.82, 2.24) is 4.90 Å². The standard InChI is InChI=1S/C9H17NO2/c1-3-10(2)9(8(11)12)6-4-5-7-9/h3-7H2,1-2H3,(H,11,12). The maximum absolute atomic E-state index is 11.1. The van der Waals surface area contributed by atoms with Gasteiger partial charge in [0.15, 0.2) is 0 Å². The average molecular weight is 171 g/mol. The van der Waals surface area contributed by atoms with Crippen LogP contribution in [0.25, 0.3) is 0 Å². The second-order valence-corrected chi connectivity index (χ2v) is 3.56. The fraction of sp³-hybridized carbons (Fsp3) is 0.889. The van der Waals surface area contributed by atoms with Crippen LogP contribution in [0.3, 0.4) is 0 Å². The number of likely N-dealkylation sites (N-methyl/N-ethyl adjacent to an activating group) is 1. The molecular formula is C9H17NO2. The van der Waals surface area contributed by atoms with Gasteiger partial charge in [0.2, 0.25) is 0 Å². The zero-order valence-electron chi connectivity index (χ0n) is 7.84. The van der Waals surface area contributed by atoms with E-state index in [1.807, 2.05) is 18.9 Å². The molecule has 1 fully saturated rings. The normalized spacial score (nSPS) is 21.6. The van der Waals surface area contributed by atoms with Gasteiger partial charge in [0, 0.05) is 0 Å². The van der Waals surface area contributed by atoms with E-state index in [4.69, 9.17) is 5.11 Å². The SMILES string of the molecule is CCN(C)C1(C(=O)O)CCCC1. The van der Waals surface area contributed by atoms with Crippen molar-refractivity contribution in [2.24, 2.45) is 0 Å². The first-order valence-corrected chi connectivity index (χ1v) is 4.58. The lowest BCUT2D eigenvalue weighted by Crippen LogP contribution is -2.50. The summed E-state index contributed by atoms with van der Waals surface area (Å²) in [6, 6.07) is 0. The fourth-order valence-corrected chi connectivity index (χ4v) is 2.02. The maximum Gasteiger partial charge on any atom is 0.324 e. The van der Waals surface area contributed by atoms with E-state index < -0.39 is 11.5 Å². The number of rotatable bonds is 3. The summed E-state index contributed by atoms with van der Waals surface area (Å²) in [4.78, 5) is 13.0. The third kappa shape index (κ3) is 1.33. The number of aliphatic carboxylic acids is 1. The summed E-state index contributed by atoms with van der Waals surface area (Å²) in [6.45, 7) is 2.81. The Labute approximate surface area is 73.4 Å². The van der Waals surface area contributed by atoms with Crippen molar-refractivity contribution in [3.05, 3.63) is 0 Å². The van der Waals surface area contributed by atoms with E-state index >= 15 is 0 Å². The Morgan fingerprint density at radius 1 is 1.50 bits per heavy atom. The van der Waals surface area contributed by atoms with Gasteiger partial charge in [-0.05, 0) is 26.4 Å². The van der Waals surface area contributed by atoms with E-state index in [-0.39, 0.29) is 0 Å². The summed E-state index contributed by atoms with van der Waals surface area (Å²) in [5, 5.41) is 9.12. The van der Waals surface area contributed by atoms with E-state index in [0.717, 1.165) is 32.2 Å². The first kappa shape index (κ1) is 9.52. The van der Waals surface area contributed by atoms with Gasteiger partial charge in [-0.1, -0.05) is 19.8 Å². The first-order valence-electron chi connectivity index (χ1n) is 4.58. The topological polar surface area (TPSA) is 40.5 Å². The molecule has 1 aliphatic rings. The molecule has 3 heteroatoms. The highest BCUT2D eigenvalue weighted by Crippen LogP contribution is 2.34. The van der Waals surface area contributed by atoms with Gasteiger partial charge in [-0.2, -0.15) is 0 Å². The Balaban J connectivity index is 2.78. The smallest absolute Gasteiger partial charge is 0.324 e. The lowest BCUT2D eigenvalue weighted by atomic mass is 9.96. The van der Waals surface area contributed by atoms with Crippen LogP contribution in [0.4, 0.5) is 0 Å². The first-order chi connectivity index (χ1) is 5.63. The van der Waals surface area contributed by atoms with Crippen molar-refractivity contribution in [3.8, 4) is 0 Å². The highest BCUT2D eigenvalue weighted by molar-refractivity contribution is 5.79. The Hall–Kier alpha value is -0.570. The molecule has 0 amide bonds. The van der Waals surface area contributed by atoms with Crippen molar-refractivity contribution in [1.29, 1.82) is 0 Å². The quantitative estimate of drug-likeness (QED) is 0.696. The van der Waals surface area contributed by atoms with Crippen LogP contribution in [0.5, 0.6) is 0 Å². The van der Waals surface area contributed by atoms with Crippen molar-refractivity contribution < 1.29 is 9.90 Å². The van der Waals surface area contributed by atoms with E-state index in [0.29, 0.717) is 0 Å². The van der Waals surface area contributed by atoms with Crippen molar-refractivity contribution >= 4 is 5.97 Å². The van der Waals surface area contributed by atoms with Crippen molar-refractivity contribution in [2.75, 3.05) is 13.6 Å². The summed E-state index contributed by atoms with van der Waals surface area (Å²) < 4.78 is 0. The number of nitrogens with zero attached hydrogens (tertiary/aromatic N) is 1. The molecule has 0 aromatic rings. The number of carboxylic acid groups (broad SMARTS) is 1. The molecule has 1 aliphatic carbocycles. The van der Waals surface area contributed by atoms with Crippen LogP contribution < -0.4 is 0 Å². The maximum atomic E-state index is 11.1. The van der Waals surface area contributed by atoms with Crippen LogP contribution >= 0.6 is 0 Å². The Kier molecular flexibility index (Phi) is 2.73. The third-order valence-electron chi connectivity index (χ3n) is 3.03. The van der Waals surface area contributed by atoms with Crippen LogP contribution in [0.2, 0.25) is 0 Å². The number of carbonyl (C=O) groups is 1. The molecule has 0 saturated heterocycles. The summed E-state index contributed by atoms with van der Waals surface area (Å²) in [5.74, 6) is -0.649. The zero-order valence-corrected chi connectivity index (χ0v) is 7.84. The van der Waals surface area contributed by atoms with E-state index in [9.17, 15) is 4.79 Å². The third-order valence-corrected chi connectivity index (χ3v) is 3.03. The van der Waals surface area contributed by atoms with Gasteiger partial charge in [0.1, 0.15) is 5.54 Å². The predicted octanol–water partition coefficient (Wildman–Crippen LogP) is 1.34. The Morgan fingerprint density at radius 3 is 2.33 bits per heavy atom. The molecule has 0 aromatic carbocycles. The van der Waals surface area contributed by atoms with Gasteiger partial charge in [-0.25, -0.2) is 0 Å². The minimum absolute atomic E-state index is 0.547. The number of hydrogen-bond acceptors (Lipinski definition) is 2. The predicted molar refractivity (Wildman–Crippen MR) is 47.1 cm³/mol. The highest BCUT2D eigenvalue weighted by Gasteiger charge is 2.43. The summed E-state index contributed by atoms with van der Waals surface area (Å²) in [7, 11) is 1.90. The minimum atomic E-state index is -0.649. The molecule has 0 unspecified atom stereocenters. The van der Waals surface area contributed by atoms with Crippen molar-refractivity contribution in [2.45, 2.75) is 38.1 Å². The molecule has 3 nitrogen and oxygen atoms in total. The Bertz CT molecular complexity index is 173. The van der Waals surface area contributed by atoms with Gasteiger partial charge in [0.25, 0.3) is 0 Å². The monoisotopic (exact) mass is 171 g/mol. The molecular weight excluding hydrogens is 154 g/mol. The average Bonchev–Trinajstić information content (AvgIpc) is 2.52. The lowest BCUT2D eigenvalue weighted by molar-refractivity contribution is -0.150. The zero-order chi connectivity index (χ0) is 9.19. The van der Waals surface area contributed by atoms with Crippen LogP contribution in [-0.2, 0) is 4.79 Å². The number of hydrogen-bond donors (Lipinski definition) is 1. The van der Waals surface area contributed by atoms with E-state index in [1.165, 1.54) is 0 Å². The number of carboxylic acids is 1. The van der Waals surface area contributed by atoms with Crippen LogP contribution in [0, 0.1) is 0 Å². The molecule has 0 aromatic heterocycles. The molecule has 0 aliphatic heterocycles. The van der Waals surface area contributed by atoms with Crippen LogP contribution in [0.15, 0.2) is 0 Å². The lowest BCUT2D eigenvalue weighted by Gasteiger charge is -2.33. The summed E-state index contributed by atoms with van der Waals surface area (Å²) in [5.41, 5.74) is -0.547. The summed E-state index contributed by atoms with van der Waals surface area (Å²) in [6.07, 6.45) is 3.73. The van der Waals surface area contributed by atoms with E-state index in [1.54, 1.807) is 0 Å². The minimum Gasteiger partial charge on any atom is -0.480 e. The van der Waals surface area contributed by atoms with Gasteiger partial charge in [-0.3, -0.25) is 9.69 Å². The molecule has 12 heavy (non-hydrogen) atoms. The fourth-order valence-electron chi connectivity index (χ4n) is 2.02. The Morgan fingerprint density at radius 2 is 2.00 bits per heavy atom. The van der Waals surface area contributed by atoms with E-state index in [2.05, 4.69) is 0 Å².